The molecule has 9 heteroatoms. The van der Waals surface area contributed by atoms with Crippen LogP contribution in [0.5, 0.6) is 23.0 Å². The van der Waals surface area contributed by atoms with Crippen LogP contribution in [0.3, 0.4) is 0 Å². The molecule has 0 spiro atoms. The average molecular weight is 524 g/mol. The lowest BCUT2D eigenvalue weighted by molar-refractivity contribution is -0.123. The van der Waals surface area contributed by atoms with E-state index in [4.69, 9.17) is 18.9 Å². The van der Waals surface area contributed by atoms with E-state index in [1.165, 1.54) is 6.07 Å². The Balaban J connectivity index is 1.42. The van der Waals surface area contributed by atoms with Crippen molar-refractivity contribution in [1.82, 2.24) is 4.90 Å². The third-order valence-corrected chi connectivity index (χ3v) is 6.33. The smallest absolute Gasteiger partial charge is 0.293 e. The fraction of sp³-hybridized carbons (Fsp3) is 0.214. The van der Waals surface area contributed by atoms with Gasteiger partial charge in [-0.25, -0.2) is 4.39 Å². The SMILES string of the molecule is CCOc1cc(/C=C2\SC(=O)N(CCOc3ccccc3OC)C2=O)ccc1OCc1ccccc1F. The Labute approximate surface area is 218 Å². The van der Waals surface area contributed by atoms with Gasteiger partial charge in [0.25, 0.3) is 11.1 Å². The van der Waals surface area contributed by atoms with Crippen molar-refractivity contribution in [3.05, 3.63) is 88.6 Å². The van der Waals surface area contributed by atoms with Crippen LogP contribution in [-0.4, -0.2) is 42.9 Å². The summed E-state index contributed by atoms with van der Waals surface area (Å²) in [5, 5.41) is -0.366. The summed E-state index contributed by atoms with van der Waals surface area (Å²) in [6.07, 6.45) is 1.63. The molecule has 1 saturated heterocycles. The van der Waals surface area contributed by atoms with E-state index in [9.17, 15) is 14.0 Å². The van der Waals surface area contributed by atoms with Crippen molar-refractivity contribution in [1.29, 1.82) is 0 Å². The number of para-hydroxylation sites is 2. The molecule has 2 amide bonds. The number of carbonyl (C=O) groups is 2. The molecule has 0 aromatic heterocycles. The van der Waals surface area contributed by atoms with Gasteiger partial charge in [0, 0.05) is 5.56 Å². The molecule has 0 atom stereocenters. The number of hydrogen-bond acceptors (Lipinski definition) is 7. The summed E-state index contributed by atoms with van der Waals surface area (Å²) in [6.45, 7) is 2.51. The first-order valence-corrected chi connectivity index (χ1v) is 12.5. The molecule has 0 N–H and O–H groups in total. The van der Waals surface area contributed by atoms with Crippen LogP contribution in [0.4, 0.5) is 9.18 Å². The highest BCUT2D eigenvalue weighted by molar-refractivity contribution is 8.18. The second-order valence-corrected chi connectivity index (χ2v) is 8.85. The van der Waals surface area contributed by atoms with Gasteiger partial charge in [0.05, 0.1) is 25.2 Å². The van der Waals surface area contributed by atoms with Crippen molar-refractivity contribution in [2.24, 2.45) is 0 Å². The third kappa shape index (κ3) is 6.42. The second kappa shape index (κ2) is 12.3. The number of nitrogens with zero attached hydrogens (tertiary/aromatic N) is 1. The lowest BCUT2D eigenvalue weighted by Crippen LogP contribution is -2.32. The van der Waals surface area contributed by atoms with Crippen LogP contribution in [0.1, 0.15) is 18.1 Å². The molecule has 0 aliphatic carbocycles. The summed E-state index contributed by atoms with van der Waals surface area (Å²) in [5.74, 6) is 1.27. The third-order valence-electron chi connectivity index (χ3n) is 5.42. The second-order valence-electron chi connectivity index (χ2n) is 7.85. The van der Waals surface area contributed by atoms with Gasteiger partial charge in [-0.2, -0.15) is 0 Å². The quantitative estimate of drug-likeness (QED) is 0.289. The summed E-state index contributed by atoms with van der Waals surface area (Å²) in [4.78, 5) is 26.8. The molecule has 1 aliphatic heterocycles. The van der Waals surface area contributed by atoms with E-state index in [0.29, 0.717) is 45.6 Å². The molecular weight excluding hydrogens is 497 g/mol. The molecule has 3 aromatic rings. The van der Waals surface area contributed by atoms with Crippen LogP contribution in [0, 0.1) is 5.82 Å². The summed E-state index contributed by atoms with van der Waals surface area (Å²) in [6, 6.07) is 18.7. The number of halogens is 1. The Morgan fingerprint density at radius 3 is 2.38 bits per heavy atom. The van der Waals surface area contributed by atoms with Gasteiger partial charge in [0.2, 0.25) is 0 Å². The van der Waals surface area contributed by atoms with Crippen LogP contribution >= 0.6 is 11.8 Å². The summed E-state index contributed by atoms with van der Waals surface area (Å²) >= 11 is 0.868. The van der Waals surface area contributed by atoms with Gasteiger partial charge in [-0.1, -0.05) is 36.4 Å². The number of carbonyl (C=O) groups excluding carboxylic acids is 2. The molecule has 4 rings (SSSR count). The molecule has 192 valence electrons. The van der Waals surface area contributed by atoms with Crippen molar-refractivity contribution in [3.8, 4) is 23.0 Å². The number of methoxy groups -OCH3 is 1. The number of thioether (sulfide) groups is 1. The molecule has 1 heterocycles. The van der Waals surface area contributed by atoms with Crippen LogP contribution < -0.4 is 18.9 Å². The zero-order valence-electron chi connectivity index (χ0n) is 20.4. The fourth-order valence-corrected chi connectivity index (χ4v) is 4.47. The summed E-state index contributed by atoms with van der Waals surface area (Å²) < 4.78 is 36.4. The van der Waals surface area contributed by atoms with Crippen molar-refractivity contribution in [2.75, 3.05) is 26.9 Å². The lowest BCUT2D eigenvalue weighted by Gasteiger charge is -2.14. The van der Waals surface area contributed by atoms with Gasteiger partial charge in [0.1, 0.15) is 19.0 Å². The Morgan fingerprint density at radius 1 is 0.892 bits per heavy atom. The Hall–Kier alpha value is -3.98. The molecular formula is C28H26FNO6S. The van der Waals surface area contributed by atoms with Crippen LogP contribution in [0.25, 0.3) is 6.08 Å². The van der Waals surface area contributed by atoms with Crippen LogP contribution in [0.2, 0.25) is 0 Å². The largest absolute Gasteiger partial charge is 0.493 e. The number of benzene rings is 3. The summed E-state index contributed by atoms with van der Waals surface area (Å²) in [5.41, 5.74) is 1.09. The van der Waals surface area contributed by atoms with E-state index in [-0.39, 0.29) is 30.8 Å². The van der Waals surface area contributed by atoms with Crippen LogP contribution in [-0.2, 0) is 11.4 Å². The molecule has 0 saturated carbocycles. The lowest BCUT2D eigenvalue weighted by atomic mass is 10.1. The highest BCUT2D eigenvalue weighted by Gasteiger charge is 2.34. The zero-order valence-corrected chi connectivity index (χ0v) is 21.3. The minimum atomic E-state index is -0.392. The number of rotatable bonds is 11. The monoisotopic (exact) mass is 523 g/mol. The standard InChI is InChI=1S/C28H26FNO6S/c1-3-34-25-16-19(12-13-24(25)36-18-20-8-4-5-9-21(20)29)17-26-27(31)30(28(32)37-26)14-15-35-23-11-7-6-10-22(23)33-2/h4-13,16-17H,3,14-15,18H2,1-2H3/b26-17-. The zero-order chi connectivity index (χ0) is 26.2. The predicted molar refractivity (Wildman–Crippen MR) is 140 cm³/mol. The first kappa shape index (κ1) is 26.1. The van der Waals surface area contributed by atoms with Gasteiger partial charge in [0.15, 0.2) is 23.0 Å². The molecule has 0 unspecified atom stereocenters. The van der Waals surface area contributed by atoms with Gasteiger partial charge < -0.3 is 18.9 Å². The predicted octanol–water partition coefficient (Wildman–Crippen LogP) is 5.93. The van der Waals surface area contributed by atoms with Gasteiger partial charge >= 0.3 is 0 Å². The van der Waals surface area contributed by atoms with E-state index in [2.05, 4.69) is 0 Å². The van der Waals surface area contributed by atoms with E-state index >= 15 is 0 Å². The number of amides is 2. The van der Waals surface area contributed by atoms with Crippen molar-refractivity contribution < 1.29 is 32.9 Å². The van der Waals surface area contributed by atoms with E-state index < -0.39 is 5.91 Å². The Kier molecular flexibility index (Phi) is 8.68. The minimum absolute atomic E-state index is 0.0436. The van der Waals surface area contributed by atoms with Gasteiger partial charge in [-0.3, -0.25) is 14.5 Å². The maximum atomic E-state index is 13.9. The molecule has 1 aliphatic rings. The Bertz CT molecular complexity index is 1310. The van der Waals surface area contributed by atoms with Gasteiger partial charge in [-0.05, 0) is 60.7 Å². The molecule has 7 nitrogen and oxygen atoms in total. The van der Waals surface area contributed by atoms with E-state index in [1.807, 2.05) is 19.1 Å². The maximum Gasteiger partial charge on any atom is 0.293 e. The minimum Gasteiger partial charge on any atom is -0.493 e. The Morgan fingerprint density at radius 2 is 1.62 bits per heavy atom. The maximum absolute atomic E-state index is 13.9. The van der Waals surface area contributed by atoms with E-state index in [0.717, 1.165) is 16.7 Å². The number of hydrogen-bond donors (Lipinski definition) is 0. The fourth-order valence-electron chi connectivity index (χ4n) is 3.60. The molecule has 0 bridgehead atoms. The molecule has 1 fully saturated rings. The number of imide groups is 1. The molecule has 0 radical (unpaired) electrons. The highest BCUT2D eigenvalue weighted by atomic mass is 32.2. The molecule has 3 aromatic carbocycles. The normalized spacial score (nSPS) is 14.2. The highest BCUT2D eigenvalue weighted by Crippen LogP contribution is 2.35. The first-order valence-electron chi connectivity index (χ1n) is 11.6. The molecule has 37 heavy (non-hydrogen) atoms. The average Bonchev–Trinajstić information content (AvgIpc) is 3.17. The topological polar surface area (TPSA) is 74.3 Å². The van der Waals surface area contributed by atoms with Crippen molar-refractivity contribution in [3.63, 3.8) is 0 Å². The van der Waals surface area contributed by atoms with Crippen molar-refractivity contribution in [2.45, 2.75) is 13.5 Å². The van der Waals surface area contributed by atoms with Crippen LogP contribution in [0.15, 0.2) is 71.6 Å². The summed E-state index contributed by atoms with van der Waals surface area (Å²) in [7, 11) is 1.54. The first-order chi connectivity index (χ1) is 18.0. The van der Waals surface area contributed by atoms with E-state index in [1.54, 1.807) is 61.7 Å². The van der Waals surface area contributed by atoms with Gasteiger partial charge in [-0.15, -0.1) is 0 Å². The number of ether oxygens (including phenoxy) is 4. The van der Waals surface area contributed by atoms with Crippen molar-refractivity contribution >= 4 is 29.0 Å².